The van der Waals surface area contributed by atoms with Crippen LogP contribution in [0.1, 0.15) is 26.2 Å². The maximum atomic E-state index is 5.29. The van der Waals surface area contributed by atoms with Crippen LogP contribution in [0.2, 0.25) is 0 Å². The van der Waals surface area contributed by atoms with Gasteiger partial charge < -0.3 is 5.32 Å². The highest BCUT2D eigenvalue weighted by Gasteiger charge is 2.17. The van der Waals surface area contributed by atoms with Crippen molar-refractivity contribution in [3.05, 3.63) is 0 Å². The van der Waals surface area contributed by atoms with E-state index in [1.807, 2.05) is 0 Å². The Morgan fingerprint density at radius 1 is 1.43 bits per heavy atom. The van der Waals surface area contributed by atoms with Gasteiger partial charge in [0.15, 0.2) is 0 Å². The van der Waals surface area contributed by atoms with Crippen molar-refractivity contribution in [1.29, 1.82) is 0 Å². The highest BCUT2D eigenvalue weighted by molar-refractivity contribution is 4.89. The smallest absolute Gasteiger partial charge is 0.0598 e. The quantitative estimate of drug-likeness (QED) is 0.525. The fraction of sp³-hybridized carbons (Fsp3) is 0.833. The largest absolute Gasteiger partial charge is 0.316 e. The number of hydrogen-bond donors (Lipinski definition) is 1. The molecule has 0 aromatic carbocycles. The number of likely N-dealkylation sites (tertiary alicyclic amines) is 1. The van der Waals surface area contributed by atoms with Gasteiger partial charge in [-0.2, -0.15) is 0 Å². The lowest BCUT2D eigenvalue weighted by molar-refractivity contribution is 0.201. The minimum Gasteiger partial charge on any atom is -0.316 e. The standard InChI is InChI=1S/C12H22N2/c1-3-7-13-11-12-5-9-14(8-4-2)10-6-12/h2,12-13H,3,5-11H2,1H3. The third-order valence-corrected chi connectivity index (χ3v) is 2.88. The molecular weight excluding hydrogens is 172 g/mol. The molecule has 2 nitrogen and oxygen atoms in total. The first kappa shape index (κ1) is 11.6. The summed E-state index contributed by atoms with van der Waals surface area (Å²) < 4.78 is 0. The molecule has 0 bridgehead atoms. The normalized spacial score (nSPS) is 19.4. The molecule has 0 unspecified atom stereocenters. The molecule has 1 saturated heterocycles. The van der Waals surface area contributed by atoms with Crippen LogP contribution in [-0.4, -0.2) is 37.6 Å². The van der Waals surface area contributed by atoms with Crippen molar-refractivity contribution in [3.63, 3.8) is 0 Å². The molecule has 1 rings (SSSR count). The molecule has 80 valence electrons. The fourth-order valence-electron chi connectivity index (χ4n) is 1.96. The Kier molecular flexibility index (Phi) is 5.66. The van der Waals surface area contributed by atoms with Crippen molar-refractivity contribution < 1.29 is 0 Å². The lowest BCUT2D eigenvalue weighted by atomic mass is 9.97. The van der Waals surface area contributed by atoms with Crippen LogP contribution in [0, 0.1) is 18.3 Å². The van der Waals surface area contributed by atoms with Crippen LogP contribution in [0.15, 0.2) is 0 Å². The first-order chi connectivity index (χ1) is 6.86. The number of nitrogens with zero attached hydrogens (tertiary/aromatic N) is 1. The predicted molar refractivity (Wildman–Crippen MR) is 61.2 cm³/mol. The lowest BCUT2D eigenvalue weighted by Gasteiger charge is -2.30. The number of rotatable bonds is 5. The lowest BCUT2D eigenvalue weighted by Crippen LogP contribution is -2.37. The van der Waals surface area contributed by atoms with E-state index >= 15 is 0 Å². The van der Waals surface area contributed by atoms with Gasteiger partial charge in [-0.15, -0.1) is 6.42 Å². The van der Waals surface area contributed by atoms with Crippen molar-refractivity contribution in [2.75, 3.05) is 32.7 Å². The Morgan fingerprint density at radius 3 is 2.71 bits per heavy atom. The van der Waals surface area contributed by atoms with Crippen molar-refractivity contribution in [2.24, 2.45) is 5.92 Å². The summed E-state index contributed by atoms with van der Waals surface area (Å²) in [6.07, 6.45) is 9.13. The molecular formula is C12H22N2. The summed E-state index contributed by atoms with van der Waals surface area (Å²) in [5.41, 5.74) is 0. The van der Waals surface area contributed by atoms with E-state index in [-0.39, 0.29) is 0 Å². The average Bonchev–Trinajstić information content (AvgIpc) is 2.21. The van der Waals surface area contributed by atoms with E-state index in [2.05, 4.69) is 23.1 Å². The van der Waals surface area contributed by atoms with Crippen molar-refractivity contribution in [2.45, 2.75) is 26.2 Å². The van der Waals surface area contributed by atoms with E-state index in [9.17, 15) is 0 Å². The van der Waals surface area contributed by atoms with Gasteiger partial charge in [-0.3, -0.25) is 4.90 Å². The van der Waals surface area contributed by atoms with Crippen LogP contribution in [0.4, 0.5) is 0 Å². The van der Waals surface area contributed by atoms with Gasteiger partial charge in [0.05, 0.1) is 6.54 Å². The summed E-state index contributed by atoms with van der Waals surface area (Å²) in [7, 11) is 0. The van der Waals surface area contributed by atoms with E-state index in [0.29, 0.717) is 0 Å². The molecule has 1 N–H and O–H groups in total. The molecule has 1 fully saturated rings. The molecule has 0 spiro atoms. The molecule has 0 atom stereocenters. The fourth-order valence-corrected chi connectivity index (χ4v) is 1.96. The Bertz CT molecular complexity index is 175. The summed E-state index contributed by atoms with van der Waals surface area (Å²) in [5.74, 6) is 3.59. The summed E-state index contributed by atoms with van der Waals surface area (Å²) >= 11 is 0. The molecule has 0 amide bonds. The van der Waals surface area contributed by atoms with Crippen LogP contribution in [0.5, 0.6) is 0 Å². The van der Waals surface area contributed by atoms with Crippen molar-refractivity contribution in [3.8, 4) is 12.3 Å². The number of terminal acetylenes is 1. The Morgan fingerprint density at radius 2 is 2.14 bits per heavy atom. The third kappa shape index (κ3) is 4.13. The molecule has 0 aliphatic carbocycles. The maximum absolute atomic E-state index is 5.29. The number of nitrogens with one attached hydrogen (secondary N) is 1. The molecule has 1 heterocycles. The van der Waals surface area contributed by atoms with Gasteiger partial charge in [-0.05, 0) is 51.4 Å². The molecule has 1 aliphatic rings. The molecule has 2 heteroatoms. The molecule has 0 aromatic rings. The molecule has 1 aliphatic heterocycles. The SMILES string of the molecule is C#CCN1CCC(CNCCC)CC1. The second-order valence-electron chi connectivity index (χ2n) is 4.13. The highest BCUT2D eigenvalue weighted by Crippen LogP contribution is 2.15. The minimum absolute atomic E-state index is 0.828. The zero-order chi connectivity index (χ0) is 10.2. The molecule has 14 heavy (non-hydrogen) atoms. The first-order valence-electron chi connectivity index (χ1n) is 5.73. The first-order valence-corrected chi connectivity index (χ1v) is 5.73. The number of piperidine rings is 1. The Labute approximate surface area is 88.1 Å². The van der Waals surface area contributed by atoms with E-state index in [1.54, 1.807) is 0 Å². The second kappa shape index (κ2) is 6.86. The minimum atomic E-state index is 0.828. The van der Waals surface area contributed by atoms with Gasteiger partial charge in [0, 0.05) is 0 Å². The Hall–Kier alpha value is -0.520. The van der Waals surface area contributed by atoms with E-state index < -0.39 is 0 Å². The topological polar surface area (TPSA) is 15.3 Å². The highest BCUT2D eigenvalue weighted by atomic mass is 15.1. The van der Waals surface area contributed by atoms with Gasteiger partial charge in [0.1, 0.15) is 0 Å². The monoisotopic (exact) mass is 194 g/mol. The zero-order valence-electron chi connectivity index (χ0n) is 9.26. The summed E-state index contributed by atoms with van der Waals surface area (Å²) in [6.45, 7) is 7.76. The average molecular weight is 194 g/mol. The number of hydrogen-bond acceptors (Lipinski definition) is 2. The Balaban J connectivity index is 2.07. The van der Waals surface area contributed by atoms with Crippen molar-refractivity contribution in [1.82, 2.24) is 10.2 Å². The van der Waals surface area contributed by atoms with Crippen LogP contribution in [0.25, 0.3) is 0 Å². The van der Waals surface area contributed by atoms with E-state index in [0.717, 1.165) is 19.0 Å². The van der Waals surface area contributed by atoms with Gasteiger partial charge >= 0.3 is 0 Å². The summed E-state index contributed by atoms with van der Waals surface area (Å²) in [6, 6.07) is 0. The van der Waals surface area contributed by atoms with E-state index in [4.69, 9.17) is 6.42 Å². The van der Waals surface area contributed by atoms with Crippen LogP contribution in [0.3, 0.4) is 0 Å². The predicted octanol–water partition coefficient (Wildman–Crippen LogP) is 1.33. The third-order valence-electron chi connectivity index (χ3n) is 2.88. The van der Waals surface area contributed by atoms with Gasteiger partial charge in [-0.1, -0.05) is 12.8 Å². The van der Waals surface area contributed by atoms with Gasteiger partial charge in [0.2, 0.25) is 0 Å². The summed E-state index contributed by atoms with van der Waals surface area (Å²) in [4.78, 5) is 2.37. The summed E-state index contributed by atoms with van der Waals surface area (Å²) in [5, 5.41) is 3.49. The van der Waals surface area contributed by atoms with Crippen LogP contribution in [-0.2, 0) is 0 Å². The molecule has 0 aromatic heterocycles. The van der Waals surface area contributed by atoms with Crippen LogP contribution < -0.4 is 5.32 Å². The maximum Gasteiger partial charge on any atom is 0.0598 e. The van der Waals surface area contributed by atoms with Crippen LogP contribution >= 0.6 is 0 Å². The van der Waals surface area contributed by atoms with Gasteiger partial charge in [0.25, 0.3) is 0 Å². The van der Waals surface area contributed by atoms with E-state index in [1.165, 1.54) is 38.9 Å². The second-order valence-corrected chi connectivity index (χ2v) is 4.13. The van der Waals surface area contributed by atoms with Gasteiger partial charge in [-0.25, -0.2) is 0 Å². The zero-order valence-corrected chi connectivity index (χ0v) is 9.26. The molecule has 0 saturated carbocycles. The molecule has 0 radical (unpaired) electrons. The van der Waals surface area contributed by atoms with Crippen molar-refractivity contribution >= 4 is 0 Å².